The monoisotopic (exact) mass is 356 g/mol. The molecule has 1 fully saturated rings. The lowest BCUT2D eigenvalue weighted by molar-refractivity contribution is -0.119. The van der Waals surface area contributed by atoms with Gasteiger partial charge in [0.1, 0.15) is 5.41 Å². The third kappa shape index (κ3) is 2.38. The van der Waals surface area contributed by atoms with Crippen LogP contribution in [-0.2, 0) is 4.79 Å². The van der Waals surface area contributed by atoms with Crippen molar-refractivity contribution in [2.24, 2.45) is 5.41 Å². The highest BCUT2D eigenvalue weighted by atomic mass is 79.9. The Hall–Kier alpha value is -0.860. The van der Waals surface area contributed by atoms with Gasteiger partial charge in [-0.15, -0.1) is 0 Å². The van der Waals surface area contributed by atoms with Crippen LogP contribution in [0.3, 0.4) is 0 Å². The number of carbonyl (C=O) groups excluding carboxylic acids is 1. The van der Waals surface area contributed by atoms with Crippen LogP contribution in [0.15, 0.2) is 21.1 Å². The van der Waals surface area contributed by atoms with Crippen molar-refractivity contribution in [1.82, 2.24) is 0 Å². The Bertz CT molecular complexity index is 507. The van der Waals surface area contributed by atoms with Crippen molar-refractivity contribution in [2.75, 3.05) is 5.32 Å². The number of hydrogen-bond donors (Lipinski definition) is 1. The van der Waals surface area contributed by atoms with Gasteiger partial charge in [-0.05, 0) is 69.3 Å². The van der Waals surface area contributed by atoms with E-state index in [4.69, 9.17) is 5.26 Å². The molecule has 1 saturated carbocycles. The number of hydrogen-bond acceptors (Lipinski definition) is 2. The highest BCUT2D eigenvalue weighted by Gasteiger charge is 2.50. The summed E-state index contributed by atoms with van der Waals surface area (Å²) in [6, 6.07) is 5.93. The first-order chi connectivity index (χ1) is 7.98. The number of amides is 1. The molecule has 0 atom stereocenters. The summed E-state index contributed by atoms with van der Waals surface area (Å²) in [7, 11) is 0. The van der Waals surface area contributed by atoms with Gasteiger partial charge in [-0.1, -0.05) is 0 Å². The number of nitrogens with one attached hydrogen (secondary N) is 1. The summed E-state index contributed by atoms with van der Waals surface area (Å²) in [5.74, 6) is -0.217. The smallest absolute Gasteiger partial charge is 0.244 e. The van der Waals surface area contributed by atoms with E-state index < -0.39 is 5.41 Å². The second-order valence-corrected chi connectivity index (χ2v) is 5.96. The average molecular weight is 358 g/mol. The van der Waals surface area contributed by atoms with E-state index in [9.17, 15) is 4.79 Å². The van der Waals surface area contributed by atoms with Crippen molar-refractivity contribution < 1.29 is 4.79 Å². The van der Waals surface area contributed by atoms with Gasteiger partial charge < -0.3 is 5.32 Å². The molecule has 88 valence electrons. The van der Waals surface area contributed by atoms with E-state index in [1.54, 1.807) is 0 Å². The zero-order valence-electron chi connectivity index (χ0n) is 9.18. The summed E-state index contributed by atoms with van der Waals surface area (Å²) in [6.07, 6.45) is 1.30. The third-order valence-electron chi connectivity index (χ3n) is 2.82. The fourth-order valence-electron chi connectivity index (χ4n) is 1.57. The average Bonchev–Trinajstić information content (AvgIpc) is 3.03. The number of carbonyl (C=O) groups is 1. The van der Waals surface area contributed by atoms with E-state index in [1.807, 2.05) is 19.1 Å². The maximum absolute atomic E-state index is 11.9. The van der Waals surface area contributed by atoms with Gasteiger partial charge >= 0.3 is 0 Å². The topological polar surface area (TPSA) is 52.9 Å². The molecule has 0 spiro atoms. The molecule has 1 N–H and O–H groups in total. The van der Waals surface area contributed by atoms with Crippen molar-refractivity contribution >= 4 is 43.5 Å². The van der Waals surface area contributed by atoms with E-state index in [0.717, 1.165) is 14.5 Å². The van der Waals surface area contributed by atoms with Crippen molar-refractivity contribution in [3.63, 3.8) is 0 Å². The van der Waals surface area contributed by atoms with E-state index in [1.165, 1.54) is 0 Å². The molecule has 1 amide bonds. The summed E-state index contributed by atoms with van der Waals surface area (Å²) in [4.78, 5) is 11.9. The Kier molecular flexibility index (Phi) is 3.28. The largest absolute Gasteiger partial charge is 0.323 e. The lowest BCUT2D eigenvalue weighted by Crippen LogP contribution is -2.23. The van der Waals surface area contributed by atoms with Crippen LogP contribution in [0.4, 0.5) is 5.69 Å². The fourth-order valence-corrected chi connectivity index (χ4v) is 3.18. The molecular formula is C12H10Br2N2O. The molecule has 0 heterocycles. The summed E-state index contributed by atoms with van der Waals surface area (Å²) >= 11 is 6.82. The van der Waals surface area contributed by atoms with Gasteiger partial charge in [-0.2, -0.15) is 5.26 Å². The molecule has 5 heteroatoms. The number of halogens is 2. The maximum atomic E-state index is 11.9. The van der Waals surface area contributed by atoms with Gasteiger partial charge in [-0.25, -0.2) is 0 Å². The summed E-state index contributed by atoms with van der Waals surface area (Å²) in [5, 5.41) is 11.8. The van der Waals surface area contributed by atoms with Crippen LogP contribution >= 0.6 is 31.9 Å². The molecule has 0 saturated heterocycles. The molecule has 2 rings (SSSR count). The quantitative estimate of drug-likeness (QED) is 0.875. The lowest BCUT2D eigenvalue weighted by Gasteiger charge is -2.12. The second kappa shape index (κ2) is 4.43. The van der Waals surface area contributed by atoms with Crippen LogP contribution in [0.25, 0.3) is 0 Å². The predicted molar refractivity (Wildman–Crippen MR) is 72.5 cm³/mol. The van der Waals surface area contributed by atoms with Crippen molar-refractivity contribution in [1.29, 1.82) is 5.26 Å². The minimum Gasteiger partial charge on any atom is -0.323 e. The molecule has 1 aromatic carbocycles. The number of nitriles is 1. The molecule has 0 unspecified atom stereocenters. The van der Waals surface area contributed by atoms with Crippen molar-refractivity contribution in [2.45, 2.75) is 19.8 Å². The Labute approximate surface area is 116 Å². The van der Waals surface area contributed by atoms with Crippen LogP contribution in [-0.4, -0.2) is 5.91 Å². The van der Waals surface area contributed by atoms with E-state index in [2.05, 4.69) is 43.2 Å². The Morgan fingerprint density at radius 2 is 1.94 bits per heavy atom. The summed E-state index contributed by atoms with van der Waals surface area (Å²) in [5.41, 5.74) is 0.967. The molecule has 3 nitrogen and oxygen atoms in total. The van der Waals surface area contributed by atoms with Gasteiger partial charge in [0.25, 0.3) is 0 Å². The minimum absolute atomic E-state index is 0.217. The van der Waals surface area contributed by atoms with Gasteiger partial charge in [0.05, 0.1) is 11.8 Å². The highest BCUT2D eigenvalue weighted by molar-refractivity contribution is 9.11. The van der Waals surface area contributed by atoms with Crippen LogP contribution in [0.5, 0.6) is 0 Å². The van der Waals surface area contributed by atoms with Gasteiger partial charge in [-0.3, -0.25) is 4.79 Å². The second-order valence-electron chi connectivity index (χ2n) is 4.25. The van der Waals surface area contributed by atoms with E-state index in [-0.39, 0.29) is 5.91 Å². The van der Waals surface area contributed by atoms with Crippen LogP contribution < -0.4 is 5.32 Å². The Morgan fingerprint density at radius 3 is 2.35 bits per heavy atom. The Morgan fingerprint density at radius 1 is 1.41 bits per heavy atom. The highest BCUT2D eigenvalue weighted by Crippen LogP contribution is 2.46. The first-order valence-corrected chi connectivity index (χ1v) is 6.75. The SMILES string of the molecule is Cc1cc(Br)c(NC(=O)C2(C#N)CC2)c(Br)c1. The number of aryl methyl sites for hydroxylation is 1. The zero-order valence-corrected chi connectivity index (χ0v) is 12.4. The van der Waals surface area contributed by atoms with Gasteiger partial charge in [0.15, 0.2) is 0 Å². The maximum Gasteiger partial charge on any atom is 0.244 e. The standard InChI is InChI=1S/C12H10Br2N2O/c1-7-4-8(13)10(9(14)5-7)16-11(17)12(6-15)2-3-12/h4-5H,2-3H2,1H3,(H,16,17). The number of nitrogens with zero attached hydrogens (tertiary/aromatic N) is 1. The van der Waals surface area contributed by atoms with Gasteiger partial charge in [0.2, 0.25) is 5.91 Å². The molecule has 17 heavy (non-hydrogen) atoms. The summed E-state index contributed by atoms with van der Waals surface area (Å²) in [6.45, 7) is 1.97. The first kappa shape index (κ1) is 12.6. The molecule has 1 aliphatic rings. The zero-order chi connectivity index (χ0) is 12.6. The van der Waals surface area contributed by atoms with Crippen molar-refractivity contribution in [3.8, 4) is 6.07 Å². The van der Waals surface area contributed by atoms with Crippen LogP contribution in [0.2, 0.25) is 0 Å². The molecule has 0 bridgehead atoms. The molecule has 0 radical (unpaired) electrons. The number of rotatable bonds is 2. The molecule has 1 aromatic rings. The number of anilines is 1. The molecule has 1 aliphatic carbocycles. The minimum atomic E-state index is -0.802. The lowest BCUT2D eigenvalue weighted by atomic mass is 10.1. The van der Waals surface area contributed by atoms with E-state index >= 15 is 0 Å². The Balaban J connectivity index is 2.26. The number of benzene rings is 1. The summed E-state index contributed by atoms with van der Waals surface area (Å²) < 4.78 is 1.62. The molecule has 0 aliphatic heterocycles. The third-order valence-corrected chi connectivity index (χ3v) is 4.07. The van der Waals surface area contributed by atoms with Gasteiger partial charge in [0, 0.05) is 8.95 Å². The van der Waals surface area contributed by atoms with Crippen LogP contribution in [0.1, 0.15) is 18.4 Å². The van der Waals surface area contributed by atoms with E-state index in [0.29, 0.717) is 18.5 Å². The van der Waals surface area contributed by atoms with Crippen molar-refractivity contribution in [3.05, 3.63) is 26.6 Å². The van der Waals surface area contributed by atoms with Crippen LogP contribution in [0, 0.1) is 23.7 Å². The first-order valence-electron chi connectivity index (χ1n) is 5.17. The molecule has 0 aromatic heterocycles. The fraction of sp³-hybridized carbons (Fsp3) is 0.333. The molecular weight excluding hydrogens is 348 g/mol. The predicted octanol–water partition coefficient (Wildman–Crippen LogP) is 3.76. The normalized spacial score (nSPS) is 16.1.